The molecule has 1 aliphatic rings. The van der Waals surface area contributed by atoms with Crippen LogP contribution in [0.1, 0.15) is 31.7 Å². The van der Waals surface area contributed by atoms with E-state index >= 15 is 0 Å². The van der Waals surface area contributed by atoms with Gasteiger partial charge in [-0.1, -0.05) is 22.9 Å². The van der Waals surface area contributed by atoms with Crippen LogP contribution in [0.15, 0.2) is 22.7 Å². The number of hydrogen-bond donors (Lipinski definition) is 2. The van der Waals surface area contributed by atoms with Crippen molar-refractivity contribution in [1.82, 2.24) is 5.32 Å². The Bertz CT molecular complexity index is 374. The molecule has 3 heteroatoms. The Kier molecular flexibility index (Phi) is 3.55. The molecule has 0 atom stereocenters. The molecule has 0 saturated heterocycles. The van der Waals surface area contributed by atoms with E-state index in [0.717, 1.165) is 23.1 Å². The molecule has 1 aliphatic carbocycles. The maximum atomic E-state index is 9.68. The van der Waals surface area contributed by atoms with Gasteiger partial charge in [-0.15, -0.1) is 0 Å². The van der Waals surface area contributed by atoms with Crippen LogP contribution in [0.25, 0.3) is 0 Å². The highest BCUT2D eigenvalue weighted by Gasteiger charge is 2.39. The Labute approximate surface area is 105 Å². The maximum Gasteiger partial charge on any atom is 0.120 e. The largest absolute Gasteiger partial charge is 0.508 e. The number of halogens is 1. The zero-order valence-electron chi connectivity index (χ0n) is 9.59. The summed E-state index contributed by atoms with van der Waals surface area (Å²) in [5, 5.41) is 13.1. The Morgan fingerprint density at radius 2 is 2.19 bits per heavy atom. The summed E-state index contributed by atoms with van der Waals surface area (Å²) < 4.78 is 1.01. The number of phenolic OH excluding ortho intramolecular Hbond substituents is 1. The van der Waals surface area contributed by atoms with Gasteiger partial charge in [-0.3, -0.25) is 0 Å². The molecular formula is C13H18BrNO. The van der Waals surface area contributed by atoms with Gasteiger partial charge in [0.05, 0.1) is 0 Å². The molecule has 0 aliphatic heterocycles. The van der Waals surface area contributed by atoms with Crippen molar-refractivity contribution in [2.75, 3.05) is 6.54 Å². The minimum Gasteiger partial charge on any atom is -0.508 e. The fourth-order valence-corrected chi connectivity index (χ4v) is 2.40. The van der Waals surface area contributed by atoms with E-state index in [1.807, 2.05) is 12.1 Å². The highest BCUT2D eigenvalue weighted by Crippen LogP contribution is 2.47. The van der Waals surface area contributed by atoms with Crippen molar-refractivity contribution in [3.05, 3.63) is 28.2 Å². The SMILES string of the molecule is CCC1(CNCc2cc(Br)ccc2O)CC1. The van der Waals surface area contributed by atoms with E-state index in [9.17, 15) is 5.11 Å². The molecular weight excluding hydrogens is 266 g/mol. The van der Waals surface area contributed by atoms with Crippen LogP contribution in [0.4, 0.5) is 0 Å². The Morgan fingerprint density at radius 1 is 1.44 bits per heavy atom. The van der Waals surface area contributed by atoms with Crippen molar-refractivity contribution < 1.29 is 5.11 Å². The van der Waals surface area contributed by atoms with E-state index in [0.29, 0.717) is 11.2 Å². The maximum absolute atomic E-state index is 9.68. The van der Waals surface area contributed by atoms with Crippen molar-refractivity contribution in [2.24, 2.45) is 5.41 Å². The quantitative estimate of drug-likeness (QED) is 0.868. The zero-order chi connectivity index (χ0) is 11.6. The smallest absolute Gasteiger partial charge is 0.120 e. The van der Waals surface area contributed by atoms with E-state index < -0.39 is 0 Å². The lowest BCUT2D eigenvalue weighted by Crippen LogP contribution is -2.23. The molecule has 88 valence electrons. The highest BCUT2D eigenvalue weighted by atomic mass is 79.9. The first-order valence-corrected chi connectivity index (χ1v) is 6.63. The van der Waals surface area contributed by atoms with Crippen LogP contribution in [-0.2, 0) is 6.54 Å². The fraction of sp³-hybridized carbons (Fsp3) is 0.538. The summed E-state index contributed by atoms with van der Waals surface area (Å²) in [7, 11) is 0. The second-order valence-electron chi connectivity index (χ2n) is 4.73. The fourth-order valence-electron chi connectivity index (χ4n) is 1.99. The van der Waals surface area contributed by atoms with Gasteiger partial charge < -0.3 is 10.4 Å². The van der Waals surface area contributed by atoms with Crippen LogP contribution in [0.2, 0.25) is 0 Å². The molecule has 0 heterocycles. The lowest BCUT2D eigenvalue weighted by atomic mass is 10.0. The standard InChI is InChI=1S/C13H18BrNO/c1-2-13(5-6-13)9-15-8-10-7-11(14)3-4-12(10)16/h3-4,7,15-16H,2,5-6,8-9H2,1H3. The van der Waals surface area contributed by atoms with E-state index in [1.54, 1.807) is 6.07 Å². The first-order valence-electron chi connectivity index (χ1n) is 5.83. The van der Waals surface area contributed by atoms with Crippen LogP contribution >= 0.6 is 15.9 Å². The summed E-state index contributed by atoms with van der Waals surface area (Å²) >= 11 is 3.41. The number of phenols is 1. The molecule has 1 fully saturated rings. The van der Waals surface area contributed by atoms with Gasteiger partial charge in [0.15, 0.2) is 0 Å². The van der Waals surface area contributed by atoms with Gasteiger partial charge in [-0.05, 0) is 42.9 Å². The van der Waals surface area contributed by atoms with Crippen LogP contribution in [0, 0.1) is 5.41 Å². The van der Waals surface area contributed by atoms with Gasteiger partial charge in [-0.2, -0.15) is 0 Å². The van der Waals surface area contributed by atoms with Crippen LogP contribution in [0.5, 0.6) is 5.75 Å². The summed E-state index contributed by atoms with van der Waals surface area (Å²) in [5.41, 5.74) is 1.52. The van der Waals surface area contributed by atoms with Crippen molar-refractivity contribution >= 4 is 15.9 Å². The van der Waals surface area contributed by atoms with E-state index in [1.165, 1.54) is 19.3 Å². The molecule has 0 spiro atoms. The van der Waals surface area contributed by atoms with E-state index in [2.05, 4.69) is 28.2 Å². The average Bonchev–Trinajstić information content (AvgIpc) is 3.04. The monoisotopic (exact) mass is 283 g/mol. The normalized spacial score (nSPS) is 17.4. The molecule has 2 N–H and O–H groups in total. The third kappa shape index (κ3) is 2.77. The predicted octanol–water partition coefficient (Wildman–Crippen LogP) is 3.43. The molecule has 2 rings (SSSR count). The molecule has 1 aromatic rings. The topological polar surface area (TPSA) is 32.3 Å². The summed E-state index contributed by atoms with van der Waals surface area (Å²) in [5.74, 6) is 0.372. The first kappa shape index (κ1) is 11.9. The molecule has 0 radical (unpaired) electrons. The third-order valence-corrected chi connectivity index (χ3v) is 4.06. The number of benzene rings is 1. The van der Waals surface area contributed by atoms with Gasteiger partial charge >= 0.3 is 0 Å². The van der Waals surface area contributed by atoms with Crippen LogP contribution in [0.3, 0.4) is 0 Å². The Hall–Kier alpha value is -0.540. The zero-order valence-corrected chi connectivity index (χ0v) is 11.2. The summed E-state index contributed by atoms with van der Waals surface area (Å²) in [6, 6.07) is 5.55. The molecule has 16 heavy (non-hydrogen) atoms. The second-order valence-corrected chi connectivity index (χ2v) is 5.65. The number of hydrogen-bond acceptors (Lipinski definition) is 2. The minimum absolute atomic E-state index is 0.372. The summed E-state index contributed by atoms with van der Waals surface area (Å²) in [6.07, 6.45) is 3.95. The molecule has 1 aromatic carbocycles. The molecule has 0 amide bonds. The van der Waals surface area contributed by atoms with Crippen molar-refractivity contribution in [3.63, 3.8) is 0 Å². The highest BCUT2D eigenvalue weighted by molar-refractivity contribution is 9.10. The minimum atomic E-state index is 0.372. The average molecular weight is 284 g/mol. The van der Waals surface area contributed by atoms with Crippen LogP contribution in [-0.4, -0.2) is 11.7 Å². The van der Waals surface area contributed by atoms with Gasteiger partial charge in [0, 0.05) is 23.1 Å². The Balaban J connectivity index is 1.87. The molecule has 0 unspecified atom stereocenters. The second kappa shape index (κ2) is 4.76. The third-order valence-electron chi connectivity index (χ3n) is 3.56. The van der Waals surface area contributed by atoms with Gasteiger partial charge in [0.2, 0.25) is 0 Å². The summed E-state index contributed by atoms with van der Waals surface area (Å²) in [6.45, 7) is 4.06. The van der Waals surface area contributed by atoms with Gasteiger partial charge in [0.25, 0.3) is 0 Å². The molecule has 2 nitrogen and oxygen atoms in total. The van der Waals surface area contributed by atoms with Gasteiger partial charge in [-0.25, -0.2) is 0 Å². The van der Waals surface area contributed by atoms with Crippen molar-refractivity contribution in [3.8, 4) is 5.75 Å². The lowest BCUT2D eigenvalue weighted by molar-refractivity contribution is 0.432. The van der Waals surface area contributed by atoms with E-state index in [-0.39, 0.29) is 0 Å². The molecule has 1 saturated carbocycles. The van der Waals surface area contributed by atoms with Crippen LogP contribution < -0.4 is 5.32 Å². The van der Waals surface area contributed by atoms with E-state index in [4.69, 9.17) is 0 Å². The van der Waals surface area contributed by atoms with Crippen molar-refractivity contribution in [2.45, 2.75) is 32.7 Å². The lowest BCUT2D eigenvalue weighted by Gasteiger charge is -2.14. The number of rotatable bonds is 5. The predicted molar refractivity (Wildman–Crippen MR) is 69.5 cm³/mol. The number of nitrogens with one attached hydrogen (secondary N) is 1. The Morgan fingerprint density at radius 3 is 2.81 bits per heavy atom. The molecule has 0 aromatic heterocycles. The van der Waals surface area contributed by atoms with Gasteiger partial charge in [0.1, 0.15) is 5.75 Å². The summed E-state index contributed by atoms with van der Waals surface area (Å²) in [4.78, 5) is 0. The first-order chi connectivity index (χ1) is 7.65. The van der Waals surface area contributed by atoms with Crippen molar-refractivity contribution in [1.29, 1.82) is 0 Å². The number of aromatic hydroxyl groups is 1. The molecule has 0 bridgehead atoms.